The predicted octanol–water partition coefficient (Wildman–Crippen LogP) is 2.44. The molecule has 0 atom stereocenters. The van der Waals surface area contributed by atoms with Crippen LogP contribution in [0.3, 0.4) is 0 Å². The SMILES string of the molecule is Cc1cc(C(=O)N(C)c2ccccn2)nn1C(C)C. The van der Waals surface area contributed by atoms with E-state index in [2.05, 4.69) is 10.1 Å². The summed E-state index contributed by atoms with van der Waals surface area (Å²) in [5.41, 5.74) is 1.42. The first-order valence-corrected chi connectivity index (χ1v) is 6.26. The molecule has 2 aromatic heterocycles. The fraction of sp³-hybridized carbons (Fsp3) is 0.357. The van der Waals surface area contributed by atoms with Gasteiger partial charge in [0.15, 0.2) is 5.69 Å². The quantitative estimate of drug-likeness (QED) is 0.849. The minimum atomic E-state index is -0.152. The molecule has 2 rings (SSSR count). The van der Waals surface area contributed by atoms with Crippen LogP contribution < -0.4 is 4.90 Å². The second-order valence-electron chi connectivity index (χ2n) is 4.76. The second kappa shape index (κ2) is 5.22. The lowest BCUT2D eigenvalue weighted by Gasteiger charge is -2.14. The first kappa shape index (κ1) is 13.3. The molecule has 5 nitrogen and oxygen atoms in total. The minimum Gasteiger partial charge on any atom is -0.294 e. The third kappa shape index (κ3) is 2.65. The van der Waals surface area contributed by atoms with Crippen molar-refractivity contribution in [2.75, 3.05) is 11.9 Å². The number of pyridine rings is 1. The molecule has 0 saturated carbocycles. The summed E-state index contributed by atoms with van der Waals surface area (Å²) >= 11 is 0. The van der Waals surface area contributed by atoms with Crippen LogP contribution in [0.2, 0.25) is 0 Å². The monoisotopic (exact) mass is 258 g/mol. The van der Waals surface area contributed by atoms with E-state index in [1.807, 2.05) is 43.7 Å². The molecule has 1 amide bonds. The normalized spacial score (nSPS) is 10.8. The van der Waals surface area contributed by atoms with Gasteiger partial charge in [-0.15, -0.1) is 0 Å². The zero-order valence-corrected chi connectivity index (χ0v) is 11.7. The van der Waals surface area contributed by atoms with Crippen molar-refractivity contribution in [2.24, 2.45) is 0 Å². The van der Waals surface area contributed by atoms with Crippen molar-refractivity contribution in [2.45, 2.75) is 26.8 Å². The van der Waals surface area contributed by atoms with Crippen molar-refractivity contribution >= 4 is 11.7 Å². The van der Waals surface area contributed by atoms with E-state index >= 15 is 0 Å². The molecule has 0 spiro atoms. The third-order valence-electron chi connectivity index (χ3n) is 2.93. The predicted molar refractivity (Wildman–Crippen MR) is 74.3 cm³/mol. The lowest BCUT2D eigenvalue weighted by atomic mass is 10.3. The molecule has 2 heterocycles. The molecule has 0 aliphatic carbocycles. The van der Waals surface area contributed by atoms with Gasteiger partial charge in [-0.05, 0) is 39.0 Å². The highest BCUT2D eigenvalue weighted by Crippen LogP contribution is 2.14. The number of aromatic nitrogens is 3. The number of carbonyl (C=O) groups is 1. The molecule has 0 aliphatic rings. The van der Waals surface area contributed by atoms with Crippen molar-refractivity contribution < 1.29 is 4.79 Å². The van der Waals surface area contributed by atoms with Crippen LogP contribution in [0.4, 0.5) is 5.82 Å². The van der Waals surface area contributed by atoms with Gasteiger partial charge in [-0.3, -0.25) is 14.4 Å². The molecule has 0 saturated heterocycles. The highest BCUT2D eigenvalue weighted by atomic mass is 16.2. The van der Waals surface area contributed by atoms with Gasteiger partial charge >= 0.3 is 0 Å². The van der Waals surface area contributed by atoms with Crippen LogP contribution in [-0.2, 0) is 0 Å². The van der Waals surface area contributed by atoms with Crippen molar-refractivity contribution in [3.05, 3.63) is 41.9 Å². The zero-order valence-electron chi connectivity index (χ0n) is 11.7. The van der Waals surface area contributed by atoms with E-state index < -0.39 is 0 Å². The highest BCUT2D eigenvalue weighted by molar-refractivity contribution is 6.03. The molecule has 2 aromatic rings. The van der Waals surface area contributed by atoms with Crippen molar-refractivity contribution in [3.63, 3.8) is 0 Å². The Morgan fingerprint density at radius 3 is 2.63 bits per heavy atom. The van der Waals surface area contributed by atoms with Gasteiger partial charge in [-0.2, -0.15) is 5.10 Å². The Morgan fingerprint density at radius 2 is 2.11 bits per heavy atom. The van der Waals surface area contributed by atoms with Gasteiger partial charge in [0.2, 0.25) is 0 Å². The summed E-state index contributed by atoms with van der Waals surface area (Å²) in [5, 5.41) is 4.35. The maximum atomic E-state index is 12.3. The molecule has 19 heavy (non-hydrogen) atoms. The van der Waals surface area contributed by atoms with E-state index in [1.165, 1.54) is 4.90 Å². The fourth-order valence-corrected chi connectivity index (χ4v) is 1.94. The van der Waals surface area contributed by atoms with Crippen LogP contribution >= 0.6 is 0 Å². The zero-order chi connectivity index (χ0) is 14.0. The first-order chi connectivity index (χ1) is 9.00. The molecule has 0 fully saturated rings. The molecule has 0 N–H and O–H groups in total. The molecule has 0 aliphatic heterocycles. The van der Waals surface area contributed by atoms with Crippen LogP contribution in [-0.4, -0.2) is 27.7 Å². The maximum Gasteiger partial charge on any atom is 0.279 e. The van der Waals surface area contributed by atoms with Gasteiger partial charge in [0.25, 0.3) is 5.91 Å². The molecular weight excluding hydrogens is 240 g/mol. The van der Waals surface area contributed by atoms with Crippen LogP contribution in [0, 0.1) is 6.92 Å². The van der Waals surface area contributed by atoms with Crippen LogP contribution in [0.1, 0.15) is 36.1 Å². The third-order valence-corrected chi connectivity index (χ3v) is 2.93. The Kier molecular flexibility index (Phi) is 3.64. The molecule has 0 bridgehead atoms. The van der Waals surface area contributed by atoms with E-state index in [0.717, 1.165) is 5.69 Å². The molecule has 100 valence electrons. The van der Waals surface area contributed by atoms with Crippen LogP contribution in [0.15, 0.2) is 30.5 Å². The standard InChI is InChI=1S/C14H18N4O/c1-10(2)18-11(3)9-12(16-18)14(19)17(4)13-7-5-6-8-15-13/h5-10H,1-4H3. The van der Waals surface area contributed by atoms with E-state index in [-0.39, 0.29) is 11.9 Å². The average Bonchev–Trinajstić information content (AvgIpc) is 2.80. The molecule has 0 radical (unpaired) electrons. The van der Waals surface area contributed by atoms with Gasteiger partial charge < -0.3 is 0 Å². The minimum absolute atomic E-state index is 0.152. The van der Waals surface area contributed by atoms with Crippen LogP contribution in [0.25, 0.3) is 0 Å². The second-order valence-corrected chi connectivity index (χ2v) is 4.76. The number of hydrogen-bond acceptors (Lipinski definition) is 3. The van der Waals surface area contributed by atoms with E-state index in [9.17, 15) is 4.79 Å². The summed E-state index contributed by atoms with van der Waals surface area (Å²) in [4.78, 5) is 18.0. The van der Waals surface area contributed by atoms with Crippen molar-refractivity contribution in [1.82, 2.24) is 14.8 Å². The molecule has 0 aromatic carbocycles. The Morgan fingerprint density at radius 1 is 1.37 bits per heavy atom. The number of nitrogens with zero attached hydrogens (tertiary/aromatic N) is 4. The molecule has 0 unspecified atom stereocenters. The Labute approximate surface area is 112 Å². The molecular formula is C14H18N4O. The highest BCUT2D eigenvalue weighted by Gasteiger charge is 2.19. The Balaban J connectivity index is 2.27. The van der Waals surface area contributed by atoms with E-state index in [0.29, 0.717) is 11.5 Å². The molecule has 5 heteroatoms. The van der Waals surface area contributed by atoms with Crippen molar-refractivity contribution in [1.29, 1.82) is 0 Å². The fourth-order valence-electron chi connectivity index (χ4n) is 1.94. The number of aryl methyl sites for hydroxylation is 1. The largest absolute Gasteiger partial charge is 0.294 e. The summed E-state index contributed by atoms with van der Waals surface area (Å²) in [6.45, 7) is 6.03. The van der Waals surface area contributed by atoms with Gasteiger partial charge in [0, 0.05) is 25.0 Å². The number of carbonyl (C=O) groups excluding carboxylic acids is 1. The summed E-state index contributed by atoms with van der Waals surface area (Å²) in [5.74, 6) is 0.463. The number of amides is 1. The van der Waals surface area contributed by atoms with Gasteiger partial charge in [0.1, 0.15) is 5.82 Å². The van der Waals surface area contributed by atoms with Crippen molar-refractivity contribution in [3.8, 4) is 0 Å². The average molecular weight is 258 g/mol. The van der Waals surface area contributed by atoms with Gasteiger partial charge in [-0.1, -0.05) is 6.07 Å². The van der Waals surface area contributed by atoms with Gasteiger partial charge in [0.05, 0.1) is 0 Å². The number of rotatable bonds is 3. The van der Waals surface area contributed by atoms with E-state index in [4.69, 9.17) is 0 Å². The van der Waals surface area contributed by atoms with Crippen LogP contribution in [0.5, 0.6) is 0 Å². The first-order valence-electron chi connectivity index (χ1n) is 6.26. The summed E-state index contributed by atoms with van der Waals surface area (Å²) < 4.78 is 1.85. The maximum absolute atomic E-state index is 12.3. The topological polar surface area (TPSA) is 51.0 Å². The number of anilines is 1. The summed E-state index contributed by atoms with van der Waals surface area (Å²) in [6, 6.07) is 7.51. The summed E-state index contributed by atoms with van der Waals surface area (Å²) in [6.07, 6.45) is 1.66. The number of hydrogen-bond donors (Lipinski definition) is 0. The summed E-state index contributed by atoms with van der Waals surface area (Å²) in [7, 11) is 1.70. The van der Waals surface area contributed by atoms with Gasteiger partial charge in [-0.25, -0.2) is 4.98 Å². The smallest absolute Gasteiger partial charge is 0.279 e. The lowest BCUT2D eigenvalue weighted by molar-refractivity contribution is 0.0986. The Hall–Kier alpha value is -2.17. The van der Waals surface area contributed by atoms with E-state index in [1.54, 1.807) is 19.3 Å². The Bertz CT molecular complexity index is 574. The lowest BCUT2D eigenvalue weighted by Crippen LogP contribution is -2.27.